The molecule has 4 aliphatic carbocycles. The summed E-state index contributed by atoms with van der Waals surface area (Å²) in [6.07, 6.45) is 14.7. The van der Waals surface area contributed by atoms with Gasteiger partial charge in [-0.15, -0.1) is 0 Å². The predicted molar refractivity (Wildman–Crippen MR) is 112 cm³/mol. The van der Waals surface area contributed by atoms with Crippen molar-refractivity contribution in [3.63, 3.8) is 0 Å². The molecule has 0 saturated heterocycles. The Hall–Kier alpha value is -1.50. The van der Waals surface area contributed by atoms with Gasteiger partial charge in [0.15, 0.2) is 0 Å². The van der Waals surface area contributed by atoms with Crippen molar-refractivity contribution < 1.29 is 4.74 Å². The lowest BCUT2D eigenvalue weighted by Crippen LogP contribution is -2.22. The Balaban J connectivity index is 1.51. The summed E-state index contributed by atoms with van der Waals surface area (Å²) in [5, 5.41) is 0. The normalized spacial score (nSPS) is 37.6. The molecule has 0 aliphatic heterocycles. The van der Waals surface area contributed by atoms with Crippen LogP contribution in [0.1, 0.15) is 81.8 Å². The maximum Gasteiger partial charge on any atom is 0.119 e. The molecule has 0 amide bonds. The van der Waals surface area contributed by atoms with Crippen molar-refractivity contribution in [2.45, 2.75) is 70.6 Å². The van der Waals surface area contributed by atoms with E-state index in [0.29, 0.717) is 11.8 Å². The molecule has 6 unspecified atom stereocenters. The first-order valence-corrected chi connectivity index (χ1v) is 11.2. The van der Waals surface area contributed by atoms with Crippen LogP contribution in [-0.4, -0.2) is 7.11 Å². The van der Waals surface area contributed by atoms with Crippen molar-refractivity contribution in [2.24, 2.45) is 23.7 Å². The van der Waals surface area contributed by atoms with E-state index in [9.17, 15) is 0 Å². The molecular weight excluding hydrogens is 328 g/mol. The van der Waals surface area contributed by atoms with E-state index in [4.69, 9.17) is 4.74 Å². The second-order valence-electron chi connectivity index (χ2n) is 9.90. The third-order valence-electron chi connectivity index (χ3n) is 7.84. The van der Waals surface area contributed by atoms with Crippen molar-refractivity contribution in [2.75, 3.05) is 7.11 Å². The smallest absolute Gasteiger partial charge is 0.119 e. The Labute approximate surface area is 164 Å². The fourth-order valence-corrected chi connectivity index (χ4v) is 6.75. The Bertz CT molecular complexity index is 785. The molecule has 4 aliphatic rings. The van der Waals surface area contributed by atoms with Gasteiger partial charge in [-0.05, 0) is 91.9 Å². The van der Waals surface area contributed by atoms with Crippen molar-refractivity contribution in [1.82, 2.24) is 0 Å². The van der Waals surface area contributed by atoms with Gasteiger partial charge >= 0.3 is 0 Å². The largest absolute Gasteiger partial charge is 0.497 e. The maximum atomic E-state index is 5.76. The van der Waals surface area contributed by atoms with Crippen LogP contribution in [0.5, 0.6) is 5.75 Å². The van der Waals surface area contributed by atoms with E-state index in [-0.39, 0.29) is 0 Å². The lowest BCUT2D eigenvalue weighted by molar-refractivity contribution is 0.317. The van der Waals surface area contributed by atoms with Crippen LogP contribution >= 0.6 is 0 Å². The lowest BCUT2D eigenvalue weighted by Gasteiger charge is -2.37. The molecule has 6 atom stereocenters. The number of hydrogen-bond acceptors (Lipinski definition) is 1. The molecular formula is C26H34O. The summed E-state index contributed by atoms with van der Waals surface area (Å²) in [6, 6.07) is 7.20. The van der Waals surface area contributed by atoms with Crippen molar-refractivity contribution >= 4 is 0 Å². The van der Waals surface area contributed by atoms with Crippen LogP contribution in [-0.2, 0) is 0 Å². The third kappa shape index (κ3) is 3.18. The number of ether oxygens (including phenoxy) is 1. The third-order valence-corrected chi connectivity index (χ3v) is 7.84. The van der Waals surface area contributed by atoms with E-state index < -0.39 is 0 Å². The summed E-state index contributed by atoms with van der Waals surface area (Å²) in [5.41, 5.74) is 6.47. The number of methoxy groups -OCH3 is 1. The molecule has 0 heterocycles. The first-order chi connectivity index (χ1) is 13.1. The van der Waals surface area contributed by atoms with Crippen LogP contribution < -0.4 is 4.74 Å². The molecule has 1 aromatic carbocycles. The highest BCUT2D eigenvalue weighted by Crippen LogP contribution is 2.52. The second-order valence-corrected chi connectivity index (χ2v) is 9.90. The van der Waals surface area contributed by atoms with Crippen molar-refractivity contribution in [1.29, 1.82) is 0 Å². The monoisotopic (exact) mass is 362 g/mol. The molecule has 1 nitrogen and oxygen atoms in total. The van der Waals surface area contributed by atoms with Gasteiger partial charge in [-0.25, -0.2) is 0 Å². The fraction of sp³-hybridized carbons (Fsp3) is 0.615. The summed E-state index contributed by atoms with van der Waals surface area (Å²) in [5.74, 6) is 5.61. The molecule has 0 radical (unpaired) electrons. The molecule has 0 N–H and O–H groups in total. The molecule has 27 heavy (non-hydrogen) atoms. The molecule has 5 rings (SSSR count). The molecule has 2 fully saturated rings. The van der Waals surface area contributed by atoms with Gasteiger partial charge in [-0.2, -0.15) is 0 Å². The number of allylic oxidation sites excluding steroid dienone is 4. The summed E-state index contributed by atoms with van der Waals surface area (Å²) in [7, 11) is 1.83. The van der Waals surface area contributed by atoms with E-state index in [1.165, 1.54) is 56.1 Å². The number of rotatable bonds is 3. The van der Waals surface area contributed by atoms with E-state index in [1.54, 1.807) is 11.1 Å². The Morgan fingerprint density at radius 2 is 1.56 bits per heavy atom. The fourth-order valence-electron chi connectivity index (χ4n) is 6.75. The summed E-state index contributed by atoms with van der Waals surface area (Å²) in [6.45, 7) is 4.78. The zero-order valence-corrected chi connectivity index (χ0v) is 17.2. The number of fused-ring (bicyclic) bond motifs is 3. The maximum absolute atomic E-state index is 5.76. The Morgan fingerprint density at radius 3 is 2.37 bits per heavy atom. The Kier molecular flexibility index (Phi) is 4.45. The molecule has 0 aromatic heterocycles. The molecule has 1 heteroatoms. The van der Waals surface area contributed by atoms with Crippen LogP contribution in [0, 0.1) is 23.7 Å². The lowest BCUT2D eigenvalue weighted by atomic mass is 9.68. The van der Waals surface area contributed by atoms with Crippen LogP contribution in [0.4, 0.5) is 0 Å². The van der Waals surface area contributed by atoms with E-state index >= 15 is 0 Å². The molecule has 144 valence electrons. The second kappa shape index (κ2) is 6.83. The van der Waals surface area contributed by atoms with E-state index in [0.717, 1.165) is 29.4 Å². The summed E-state index contributed by atoms with van der Waals surface area (Å²) in [4.78, 5) is 0. The van der Waals surface area contributed by atoms with Gasteiger partial charge in [0.25, 0.3) is 0 Å². The van der Waals surface area contributed by atoms with Gasteiger partial charge in [-0.3, -0.25) is 0 Å². The highest BCUT2D eigenvalue weighted by Gasteiger charge is 2.37. The van der Waals surface area contributed by atoms with E-state index in [2.05, 4.69) is 44.2 Å². The van der Waals surface area contributed by atoms with Gasteiger partial charge in [-0.1, -0.05) is 43.2 Å². The van der Waals surface area contributed by atoms with Crippen LogP contribution in [0.2, 0.25) is 0 Å². The Morgan fingerprint density at radius 1 is 0.815 bits per heavy atom. The van der Waals surface area contributed by atoms with Crippen molar-refractivity contribution in [3.05, 3.63) is 52.6 Å². The highest BCUT2D eigenvalue weighted by molar-refractivity contribution is 5.45. The summed E-state index contributed by atoms with van der Waals surface area (Å²) >= 11 is 0. The average molecular weight is 363 g/mol. The minimum Gasteiger partial charge on any atom is -0.497 e. The zero-order chi connectivity index (χ0) is 18.5. The summed E-state index contributed by atoms with van der Waals surface area (Å²) < 4.78 is 5.76. The molecule has 1 aromatic rings. The zero-order valence-electron chi connectivity index (χ0n) is 17.2. The van der Waals surface area contributed by atoms with E-state index in [1.807, 2.05) is 7.11 Å². The number of hydrogen-bond donors (Lipinski definition) is 0. The molecule has 2 saturated carbocycles. The standard InChI is InChI=1S/C26H34O/c1-16-8-18-4-6-24(20(10-16)12-18)21-13-22(15-23(14-21)27-3)25-7-5-19-9-17(2)11-26(19)25/h10-11,13-19,24-25H,4-9,12H2,1-3H3. The predicted octanol–water partition coefficient (Wildman–Crippen LogP) is 7.00. The minimum atomic E-state index is 0.617. The first kappa shape index (κ1) is 17.6. The van der Waals surface area contributed by atoms with Gasteiger partial charge in [0.2, 0.25) is 0 Å². The quantitative estimate of drug-likeness (QED) is 0.526. The highest BCUT2D eigenvalue weighted by atomic mass is 16.5. The first-order valence-electron chi connectivity index (χ1n) is 11.2. The van der Waals surface area contributed by atoms with Gasteiger partial charge in [0, 0.05) is 11.8 Å². The molecule has 0 spiro atoms. The van der Waals surface area contributed by atoms with Crippen LogP contribution in [0.3, 0.4) is 0 Å². The molecule has 2 bridgehead atoms. The van der Waals surface area contributed by atoms with Gasteiger partial charge < -0.3 is 4.74 Å². The minimum absolute atomic E-state index is 0.617. The average Bonchev–Trinajstić information content (AvgIpc) is 3.20. The SMILES string of the molecule is COc1cc(C2CCC3CC2=CC(C)C3)cc(C2CCC3CC(C)C=C32)c1. The van der Waals surface area contributed by atoms with Crippen LogP contribution in [0.15, 0.2) is 41.5 Å². The van der Waals surface area contributed by atoms with Gasteiger partial charge in [0.05, 0.1) is 7.11 Å². The van der Waals surface area contributed by atoms with Crippen molar-refractivity contribution in [3.8, 4) is 5.75 Å². The van der Waals surface area contributed by atoms with Gasteiger partial charge in [0.1, 0.15) is 5.75 Å². The number of benzene rings is 1. The van der Waals surface area contributed by atoms with Crippen LogP contribution in [0.25, 0.3) is 0 Å². The topological polar surface area (TPSA) is 9.23 Å².